The van der Waals surface area contributed by atoms with Crippen LogP contribution in [-0.4, -0.2) is 51.4 Å². The van der Waals surface area contributed by atoms with E-state index < -0.39 is 10.0 Å². The second kappa shape index (κ2) is 8.71. The van der Waals surface area contributed by atoms with Gasteiger partial charge in [-0.3, -0.25) is 4.79 Å². The van der Waals surface area contributed by atoms with Crippen molar-refractivity contribution in [2.24, 2.45) is 5.92 Å². The van der Waals surface area contributed by atoms with Gasteiger partial charge in [-0.05, 0) is 75.7 Å². The molecule has 1 aliphatic carbocycles. The van der Waals surface area contributed by atoms with Crippen LogP contribution < -0.4 is 10.0 Å². The first-order chi connectivity index (χ1) is 12.8. The van der Waals surface area contributed by atoms with Crippen LogP contribution in [0.3, 0.4) is 0 Å². The monoisotopic (exact) mass is 393 g/mol. The third-order valence-electron chi connectivity index (χ3n) is 5.34. The summed E-state index contributed by atoms with van der Waals surface area (Å²) in [6.07, 6.45) is 5.23. The van der Waals surface area contributed by atoms with Crippen molar-refractivity contribution in [2.45, 2.75) is 56.9 Å². The van der Waals surface area contributed by atoms with E-state index >= 15 is 0 Å². The first-order valence-corrected chi connectivity index (χ1v) is 11.5. The molecule has 6 nitrogen and oxygen atoms in total. The molecule has 0 bridgehead atoms. The summed E-state index contributed by atoms with van der Waals surface area (Å²) in [5.41, 5.74) is 1.21. The second-order valence-corrected chi connectivity index (χ2v) is 9.74. The van der Waals surface area contributed by atoms with E-state index in [1.165, 1.54) is 18.9 Å². The lowest BCUT2D eigenvalue weighted by atomic mass is 10.0. The number of hydrogen-bond acceptors (Lipinski definition) is 4. The van der Waals surface area contributed by atoms with Crippen LogP contribution in [0, 0.1) is 12.8 Å². The van der Waals surface area contributed by atoms with Gasteiger partial charge in [0.25, 0.3) is 5.91 Å². The Hall–Kier alpha value is -1.44. The number of hydrogen-bond donors (Lipinski definition) is 2. The van der Waals surface area contributed by atoms with Gasteiger partial charge in [-0.15, -0.1) is 0 Å². The maximum absolute atomic E-state index is 12.5. The normalized spacial score (nSPS) is 21.2. The highest BCUT2D eigenvalue weighted by Gasteiger charge is 2.28. The first-order valence-electron chi connectivity index (χ1n) is 9.98. The molecule has 1 saturated heterocycles. The first kappa shape index (κ1) is 20.3. The van der Waals surface area contributed by atoms with E-state index in [9.17, 15) is 13.2 Å². The number of rotatable bonds is 8. The molecule has 2 fully saturated rings. The largest absolute Gasteiger partial charge is 0.352 e. The molecule has 0 aromatic heterocycles. The van der Waals surface area contributed by atoms with E-state index in [0.29, 0.717) is 12.1 Å². The summed E-state index contributed by atoms with van der Waals surface area (Å²) in [5.74, 6) is 0.549. The lowest BCUT2D eigenvalue weighted by Crippen LogP contribution is -2.36. The van der Waals surface area contributed by atoms with Gasteiger partial charge in [-0.25, -0.2) is 13.1 Å². The molecule has 150 valence electrons. The molecular formula is C20H31N3O3S. The zero-order valence-corrected chi connectivity index (χ0v) is 17.1. The van der Waals surface area contributed by atoms with Crippen molar-refractivity contribution in [3.8, 4) is 0 Å². The second-order valence-electron chi connectivity index (χ2n) is 8.03. The number of piperidine rings is 1. The highest BCUT2D eigenvalue weighted by molar-refractivity contribution is 7.89. The van der Waals surface area contributed by atoms with E-state index in [1.54, 1.807) is 12.1 Å². The number of carbonyl (C=O) groups is 1. The zero-order valence-electron chi connectivity index (χ0n) is 16.3. The predicted octanol–water partition coefficient (Wildman–Crippen LogP) is 2.29. The molecule has 1 aromatic rings. The van der Waals surface area contributed by atoms with Gasteiger partial charge in [0.2, 0.25) is 10.0 Å². The Kier molecular flexibility index (Phi) is 6.55. The summed E-state index contributed by atoms with van der Waals surface area (Å²) in [6.45, 7) is 7.99. The third kappa shape index (κ3) is 5.77. The van der Waals surface area contributed by atoms with Crippen molar-refractivity contribution in [1.29, 1.82) is 0 Å². The number of carbonyl (C=O) groups excluding carboxylic acids is 1. The molecule has 1 saturated carbocycles. The van der Waals surface area contributed by atoms with Crippen LogP contribution in [0.15, 0.2) is 23.1 Å². The summed E-state index contributed by atoms with van der Waals surface area (Å²) in [5, 5.41) is 2.94. The molecule has 1 aliphatic heterocycles. The minimum absolute atomic E-state index is 0.0473. The molecular weight excluding hydrogens is 362 g/mol. The summed E-state index contributed by atoms with van der Waals surface area (Å²) in [7, 11) is -3.55. The summed E-state index contributed by atoms with van der Waals surface area (Å²) in [4.78, 5) is 15.2. The number of nitrogens with one attached hydrogen (secondary N) is 2. The van der Waals surface area contributed by atoms with E-state index in [2.05, 4.69) is 21.9 Å². The Morgan fingerprint density at radius 3 is 2.74 bits per heavy atom. The Morgan fingerprint density at radius 1 is 1.26 bits per heavy atom. The van der Waals surface area contributed by atoms with Gasteiger partial charge in [-0.2, -0.15) is 0 Å². The van der Waals surface area contributed by atoms with Crippen LogP contribution >= 0.6 is 0 Å². The molecule has 3 rings (SSSR count). The van der Waals surface area contributed by atoms with Crippen LogP contribution in [0.2, 0.25) is 0 Å². The molecule has 1 amide bonds. The summed E-state index contributed by atoms with van der Waals surface area (Å²) < 4.78 is 27.4. The number of nitrogens with zero attached hydrogens (tertiary/aromatic N) is 1. The molecule has 2 aliphatic rings. The molecule has 2 N–H and O–H groups in total. The summed E-state index contributed by atoms with van der Waals surface area (Å²) >= 11 is 0. The van der Waals surface area contributed by atoms with Crippen LogP contribution in [0.4, 0.5) is 0 Å². The van der Waals surface area contributed by atoms with Crippen LogP contribution in [0.1, 0.15) is 54.9 Å². The minimum Gasteiger partial charge on any atom is -0.352 e. The van der Waals surface area contributed by atoms with Gasteiger partial charge in [-0.1, -0.05) is 13.0 Å². The molecule has 7 heteroatoms. The fourth-order valence-corrected chi connectivity index (χ4v) is 4.92. The highest BCUT2D eigenvalue weighted by atomic mass is 32.2. The molecule has 0 radical (unpaired) electrons. The van der Waals surface area contributed by atoms with Crippen molar-refractivity contribution in [2.75, 3.05) is 26.2 Å². The Labute approximate surface area is 162 Å². The quantitative estimate of drug-likeness (QED) is 0.664. The Morgan fingerprint density at radius 2 is 2.04 bits per heavy atom. The smallest absolute Gasteiger partial charge is 0.251 e. The number of sulfonamides is 1. The standard InChI is InChI=1S/C20H31N3O3S/c1-15-5-3-11-23(14-15)12-4-10-21-20(24)19-13-18(9-6-16(19)2)27(25,26)22-17-7-8-17/h6,9,13,15,17,22H,3-5,7-8,10-12,14H2,1-2H3,(H,21,24)/t15-/m1/s1. The van der Waals surface area contributed by atoms with Crippen molar-refractivity contribution >= 4 is 15.9 Å². The average molecular weight is 394 g/mol. The zero-order chi connectivity index (χ0) is 19.4. The number of likely N-dealkylation sites (tertiary alicyclic amines) is 1. The SMILES string of the molecule is Cc1ccc(S(=O)(=O)NC2CC2)cc1C(=O)NCCCN1CCC[C@@H](C)C1. The Balaban J connectivity index is 1.53. The minimum atomic E-state index is -3.55. The number of amides is 1. The lowest BCUT2D eigenvalue weighted by Gasteiger charge is -2.30. The van der Waals surface area contributed by atoms with Gasteiger partial charge in [0.1, 0.15) is 0 Å². The molecule has 1 heterocycles. The third-order valence-corrected chi connectivity index (χ3v) is 6.86. The summed E-state index contributed by atoms with van der Waals surface area (Å²) in [6, 6.07) is 4.80. The van der Waals surface area contributed by atoms with Gasteiger partial charge in [0.15, 0.2) is 0 Å². The molecule has 1 atom stereocenters. The molecule has 0 spiro atoms. The van der Waals surface area contributed by atoms with Crippen molar-refractivity contribution in [1.82, 2.24) is 14.9 Å². The van der Waals surface area contributed by atoms with Gasteiger partial charge in [0, 0.05) is 24.7 Å². The van der Waals surface area contributed by atoms with Crippen molar-refractivity contribution in [3.63, 3.8) is 0 Å². The fraction of sp³-hybridized carbons (Fsp3) is 0.650. The van der Waals surface area contributed by atoms with Crippen molar-refractivity contribution in [3.05, 3.63) is 29.3 Å². The van der Waals surface area contributed by atoms with E-state index in [1.807, 2.05) is 6.92 Å². The maximum Gasteiger partial charge on any atom is 0.251 e. The topological polar surface area (TPSA) is 78.5 Å². The molecule has 0 unspecified atom stereocenters. The van der Waals surface area contributed by atoms with E-state index in [-0.39, 0.29) is 16.8 Å². The van der Waals surface area contributed by atoms with Gasteiger partial charge in [0.05, 0.1) is 4.90 Å². The van der Waals surface area contributed by atoms with Gasteiger partial charge >= 0.3 is 0 Å². The lowest BCUT2D eigenvalue weighted by molar-refractivity contribution is 0.0949. The van der Waals surface area contributed by atoms with Crippen LogP contribution in [-0.2, 0) is 10.0 Å². The number of benzene rings is 1. The number of aryl methyl sites for hydroxylation is 1. The van der Waals surface area contributed by atoms with Gasteiger partial charge < -0.3 is 10.2 Å². The predicted molar refractivity (Wildman–Crippen MR) is 106 cm³/mol. The average Bonchev–Trinajstić information content (AvgIpc) is 3.42. The van der Waals surface area contributed by atoms with E-state index in [0.717, 1.165) is 50.4 Å². The highest BCUT2D eigenvalue weighted by Crippen LogP contribution is 2.23. The molecule has 1 aromatic carbocycles. The van der Waals surface area contributed by atoms with Crippen LogP contribution in [0.25, 0.3) is 0 Å². The molecule has 27 heavy (non-hydrogen) atoms. The van der Waals surface area contributed by atoms with Crippen molar-refractivity contribution < 1.29 is 13.2 Å². The van der Waals surface area contributed by atoms with E-state index in [4.69, 9.17) is 0 Å². The fourth-order valence-electron chi connectivity index (χ4n) is 3.59. The Bertz CT molecular complexity index is 775. The maximum atomic E-state index is 12.5. The van der Waals surface area contributed by atoms with Crippen LogP contribution in [0.5, 0.6) is 0 Å².